The SMILES string of the molecule is C1=C(c2ccccc2)c2oc3cc(-c4c5ccccc5c(-c5ccccc5)c5ccccc45)ccc3c2CC1. The van der Waals surface area contributed by atoms with Crippen LogP contribution in [-0.2, 0) is 6.42 Å². The summed E-state index contributed by atoms with van der Waals surface area (Å²) in [4.78, 5) is 0. The van der Waals surface area contributed by atoms with Gasteiger partial charge in [0.1, 0.15) is 11.3 Å². The van der Waals surface area contributed by atoms with Crippen LogP contribution >= 0.6 is 0 Å². The minimum absolute atomic E-state index is 0.960. The minimum Gasteiger partial charge on any atom is -0.456 e. The zero-order chi connectivity index (χ0) is 25.8. The molecule has 0 radical (unpaired) electrons. The molecule has 0 amide bonds. The lowest BCUT2D eigenvalue weighted by molar-refractivity contribution is 0.591. The van der Waals surface area contributed by atoms with Gasteiger partial charge in [-0.3, -0.25) is 0 Å². The largest absolute Gasteiger partial charge is 0.456 e. The highest BCUT2D eigenvalue weighted by Crippen LogP contribution is 2.45. The second-order valence-electron chi connectivity index (χ2n) is 10.4. The van der Waals surface area contributed by atoms with E-state index in [9.17, 15) is 0 Å². The van der Waals surface area contributed by atoms with E-state index in [-0.39, 0.29) is 0 Å². The Labute approximate surface area is 227 Å². The van der Waals surface area contributed by atoms with Crippen LogP contribution in [0.1, 0.15) is 23.3 Å². The molecule has 184 valence electrons. The van der Waals surface area contributed by atoms with Gasteiger partial charge in [0.05, 0.1) is 0 Å². The number of benzene rings is 6. The molecule has 6 aromatic carbocycles. The molecule has 8 rings (SSSR count). The highest BCUT2D eigenvalue weighted by atomic mass is 16.3. The molecule has 39 heavy (non-hydrogen) atoms. The molecule has 0 saturated carbocycles. The minimum atomic E-state index is 0.960. The summed E-state index contributed by atoms with van der Waals surface area (Å²) >= 11 is 0. The van der Waals surface area contributed by atoms with Gasteiger partial charge >= 0.3 is 0 Å². The number of allylic oxidation sites excluding steroid dienone is 1. The molecule has 1 aromatic heterocycles. The lowest BCUT2D eigenvalue weighted by Crippen LogP contribution is -1.97. The van der Waals surface area contributed by atoms with Crippen molar-refractivity contribution in [1.29, 1.82) is 0 Å². The summed E-state index contributed by atoms with van der Waals surface area (Å²) in [5.74, 6) is 1.02. The molecule has 1 aliphatic carbocycles. The van der Waals surface area contributed by atoms with Gasteiger partial charge in [-0.05, 0) is 68.3 Å². The molecule has 0 unspecified atom stereocenters. The molecule has 0 spiro atoms. The molecular formula is C38H26O. The first-order valence-electron chi connectivity index (χ1n) is 13.7. The van der Waals surface area contributed by atoms with E-state index in [2.05, 4.69) is 133 Å². The number of furan rings is 1. The molecule has 0 bridgehead atoms. The Morgan fingerprint density at radius 3 is 1.62 bits per heavy atom. The second kappa shape index (κ2) is 8.85. The fourth-order valence-corrected chi connectivity index (χ4v) is 6.45. The maximum atomic E-state index is 6.67. The van der Waals surface area contributed by atoms with E-state index in [1.54, 1.807) is 0 Å². The van der Waals surface area contributed by atoms with Crippen LogP contribution in [0.4, 0.5) is 0 Å². The van der Waals surface area contributed by atoms with E-state index in [1.807, 2.05) is 0 Å². The topological polar surface area (TPSA) is 13.1 Å². The molecular weight excluding hydrogens is 472 g/mol. The van der Waals surface area contributed by atoms with Crippen molar-refractivity contribution in [1.82, 2.24) is 0 Å². The van der Waals surface area contributed by atoms with Gasteiger partial charge < -0.3 is 4.42 Å². The smallest absolute Gasteiger partial charge is 0.138 e. The summed E-state index contributed by atoms with van der Waals surface area (Å²) in [5, 5.41) is 6.28. The van der Waals surface area contributed by atoms with Crippen LogP contribution in [0.5, 0.6) is 0 Å². The Morgan fingerprint density at radius 1 is 0.462 bits per heavy atom. The second-order valence-corrected chi connectivity index (χ2v) is 10.4. The normalized spacial score (nSPS) is 13.1. The lowest BCUT2D eigenvalue weighted by Gasteiger charge is -2.17. The van der Waals surface area contributed by atoms with Crippen molar-refractivity contribution in [2.45, 2.75) is 12.8 Å². The fraction of sp³-hybridized carbons (Fsp3) is 0.0526. The van der Waals surface area contributed by atoms with Crippen molar-refractivity contribution in [2.24, 2.45) is 0 Å². The maximum Gasteiger partial charge on any atom is 0.138 e. The lowest BCUT2D eigenvalue weighted by atomic mass is 9.85. The van der Waals surface area contributed by atoms with E-state index in [1.165, 1.54) is 65.9 Å². The van der Waals surface area contributed by atoms with E-state index in [0.717, 1.165) is 24.2 Å². The predicted molar refractivity (Wildman–Crippen MR) is 164 cm³/mol. The predicted octanol–water partition coefficient (Wildman–Crippen LogP) is 10.5. The van der Waals surface area contributed by atoms with E-state index < -0.39 is 0 Å². The van der Waals surface area contributed by atoms with E-state index >= 15 is 0 Å². The average Bonchev–Trinajstić information content (AvgIpc) is 3.38. The van der Waals surface area contributed by atoms with Crippen LogP contribution < -0.4 is 0 Å². The molecule has 0 fully saturated rings. The van der Waals surface area contributed by atoms with Gasteiger partial charge in [0.25, 0.3) is 0 Å². The summed E-state index contributed by atoms with van der Waals surface area (Å²) in [5.41, 5.74) is 9.68. The Hall–Kier alpha value is -4.88. The van der Waals surface area contributed by atoms with Gasteiger partial charge in [-0.1, -0.05) is 127 Å². The summed E-state index contributed by atoms with van der Waals surface area (Å²) in [6.45, 7) is 0. The molecule has 0 atom stereocenters. The summed E-state index contributed by atoms with van der Waals surface area (Å²) in [6.07, 6.45) is 4.36. The summed E-state index contributed by atoms with van der Waals surface area (Å²) < 4.78 is 6.67. The first-order chi connectivity index (χ1) is 19.4. The van der Waals surface area contributed by atoms with Crippen LogP contribution in [0.25, 0.3) is 60.3 Å². The number of rotatable bonds is 3. The summed E-state index contributed by atoms with van der Waals surface area (Å²) in [7, 11) is 0. The number of aryl methyl sites for hydroxylation is 1. The van der Waals surface area contributed by atoms with Crippen molar-refractivity contribution in [3.63, 3.8) is 0 Å². The van der Waals surface area contributed by atoms with Gasteiger partial charge in [0, 0.05) is 16.5 Å². The Kier molecular flexibility index (Phi) is 5.03. The molecule has 0 N–H and O–H groups in total. The van der Waals surface area contributed by atoms with E-state index in [0.29, 0.717) is 0 Å². The molecule has 1 heterocycles. The third-order valence-corrected chi connectivity index (χ3v) is 8.15. The first-order valence-corrected chi connectivity index (χ1v) is 13.7. The van der Waals surface area contributed by atoms with Crippen LogP contribution in [0.15, 0.2) is 138 Å². The van der Waals surface area contributed by atoms with Gasteiger partial charge in [-0.15, -0.1) is 0 Å². The average molecular weight is 499 g/mol. The molecule has 1 nitrogen and oxygen atoms in total. The van der Waals surface area contributed by atoms with Crippen molar-refractivity contribution in [3.05, 3.63) is 150 Å². The quantitative estimate of drug-likeness (QED) is 0.221. The highest BCUT2D eigenvalue weighted by molar-refractivity contribution is 6.21. The zero-order valence-electron chi connectivity index (χ0n) is 21.5. The van der Waals surface area contributed by atoms with Gasteiger partial charge in [0.2, 0.25) is 0 Å². The van der Waals surface area contributed by atoms with Crippen molar-refractivity contribution in [3.8, 4) is 22.3 Å². The Morgan fingerprint density at radius 2 is 1.00 bits per heavy atom. The molecule has 1 aliphatic rings. The van der Waals surface area contributed by atoms with Crippen LogP contribution in [-0.4, -0.2) is 0 Å². The third kappa shape index (κ3) is 3.47. The van der Waals surface area contributed by atoms with Crippen molar-refractivity contribution >= 4 is 38.1 Å². The van der Waals surface area contributed by atoms with E-state index in [4.69, 9.17) is 4.42 Å². The Bertz CT molecular complexity index is 1990. The van der Waals surface area contributed by atoms with Gasteiger partial charge in [0.15, 0.2) is 0 Å². The van der Waals surface area contributed by atoms with Gasteiger partial charge in [-0.25, -0.2) is 0 Å². The summed E-state index contributed by atoms with van der Waals surface area (Å²) in [6, 6.07) is 45.8. The molecule has 0 saturated heterocycles. The van der Waals surface area contributed by atoms with Gasteiger partial charge in [-0.2, -0.15) is 0 Å². The fourth-order valence-electron chi connectivity index (χ4n) is 6.45. The van der Waals surface area contributed by atoms with Crippen molar-refractivity contribution in [2.75, 3.05) is 0 Å². The van der Waals surface area contributed by atoms with Crippen molar-refractivity contribution < 1.29 is 4.42 Å². The number of fused-ring (bicyclic) bond motifs is 5. The molecule has 1 heteroatoms. The first kappa shape index (κ1) is 22.1. The molecule has 0 aliphatic heterocycles. The monoisotopic (exact) mass is 498 g/mol. The third-order valence-electron chi connectivity index (χ3n) is 8.15. The standard InChI is InChI=1S/C38H26O/c1-3-12-25(13-4-1)28-20-11-21-34-29-23-22-27(24-35(29)39-38(28)34)37-32-18-9-7-16-30(32)36(26-14-5-2-6-15-26)31-17-8-10-19-33(31)37/h1-10,12-20,22-24H,11,21H2. The number of hydrogen-bond donors (Lipinski definition) is 0. The highest BCUT2D eigenvalue weighted by Gasteiger charge is 2.23. The molecule has 7 aromatic rings. The zero-order valence-corrected chi connectivity index (χ0v) is 21.5. The van der Waals surface area contributed by atoms with Crippen LogP contribution in [0, 0.1) is 0 Å². The Balaban J connectivity index is 1.39. The maximum absolute atomic E-state index is 6.67. The van der Waals surface area contributed by atoms with Crippen LogP contribution in [0.2, 0.25) is 0 Å². The van der Waals surface area contributed by atoms with Crippen LogP contribution in [0.3, 0.4) is 0 Å². The number of hydrogen-bond acceptors (Lipinski definition) is 1.